The predicted octanol–water partition coefficient (Wildman–Crippen LogP) is -0.0619. The second kappa shape index (κ2) is 11.1. The summed E-state index contributed by atoms with van der Waals surface area (Å²) in [6.07, 6.45) is -0.116. The third-order valence-electron chi connectivity index (χ3n) is 5.79. The van der Waals surface area contributed by atoms with Crippen LogP contribution in [-0.4, -0.2) is 96.7 Å². The summed E-state index contributed by atoms with van der Waals surface area (Å²) in [6.45, 7) is 9.07. The first kappa shape index (κ1) is 23.7. The van der Waals surface area contributed by atoms with Crippen LogP contribution in [0.3, 0.4) is 0 Å². The number of amides is 4. The summed E-state index contributed by atoms with van der Waals surface area (Å²) in [5.41, 5.74) is 1.17. The van der Waals surface area contributed by atoms with Crippen molar-refractivity contribution < 1.29 is 19.2 Å². The van der Waals surface area contributed by atoms with E-state index in [0.29, 0.717) is 24.5 Å². The number of piperazine rings is 2. The lowest BCUT2D eigenvalue weighted by Crippen LogP contribution is -2.60. The number of carbonyl (C=O) groups excluding carboxylic acids is 4. The van der Waals surface area contributed by atoms with Crippen LogP contribution < -0.4 is 16.0 Å². The summed E-state index contributed by atoms with van der Waals surface area (Å²) < 4.78 is 0. The minimum Gasteiger partial charge on any atom is -0.353 e. The Balaban J connectivity index is 1.56. The fourth-order valence-electron chi connectivity index (χ4n) is 3.99. The lowest BCUT2D eigenvalue weighted by atomic mass is 10.1. The van der Waals surface area contributed by atoms with E-state index >= 15 is 0 Å². The first-order valence-corrected chi connectivity index (χ1v) is 11.0. The van der Waals surface area contributed by atoms with E-state index in [0.717, 1.165) is 32.7 Å². The number of hydrogen-bond donors (Lipinski definition) is 3. The van der Waals surface area contributed by atoms with E-state index in [4.69, 9.17) is 0 Å². The highest BCUT2D eigenvalue weighted by Crippen LogP contribution is 2.16. The molecule has 10 heteroatoms. The monoisotopic (exact) mass is 444 g/mol. The van der Waals surface area contributed by atoms with Gasteiger partial charge in [-0.3, -0.25) is 24.1 Å². The largest absolute Gasteiger partial charge is 0.353 e. The van der Waals surface area contributed by atoms with Gasteiger partial charge in [0.2, 0.25) is 23.6 Å². The van der Waals surface area contributed by atoms with Crippen molar-refractivity contribution in [3.63, 3.8) is 0 Å². The van der Waals surface area contributed by atoms with E-state index in [-0.39, 0.29) is 36.6 Å². The van der Waals surface area contributed by atoms with Gasteiger partial charge in [0.15, 0.2) is 0 Å². The second-order valence-corrected chi connectivity index (χ2v) is 8.12. The molecule has 0 aromatic heterocycles. The number of nitrogens with one attached hydrogen (secondary N) is 3. The molecule has 2 saturated heterocycles. The highest BCUT2D eigenvalue weighted by atomic mass is 16.2. The van der Waals surface area contributed by atoms with E-state index < -0.39 is 6.04 Å². The summed E-state index contributed by atoms with van der Waals surface area (Å²) >= 11 is 0. The molecule has 4 amide bonds. The van der Waals surface area contributed by atoms with Crippen LogP contribution in [0.4, 0.5) is 11.4 Å². The van der Waals surface area contributed by atoms with Crippen molar-refractivity contribution in [1.29, 1.82) is 0 Å². The van der Waals surface area contributed by atoms with E-state index in [9.17, 15) is 19.2 Å². The van der Waals surface area contributed by atoms with Crippen molar-refractivity contribution in [2.24, 2.45) is 0 Å². The van der Waals surface area contributed by atoms with Gasteiger partial charge in [0.1, 0.15) is 6.04 Å². The standard InChI is InChI=1S/C22H32N6O4/c1-3-26-10-12-27(13-11-26)15-21(31)28-9-8-23-22(32)19(28)14-20(30)25-18-6-4-17(5-7-18)24-16(2)29/h4-7,19H,3,8-15H2,1-2H3,(H,23,32)(H,24,29)(H,25,30)/t19-/m0/s1. The summed E-state index contributed by atoms with van der Waals surface area (Å²) in [4.78, 5) is 55.1. The van der Waals surface area contributed by atoms with Crippen molar-refractivity contribution in [3.05, 3.63) is 24.3 Å². The fourth-order valence-corrected chi connectivity index (χ4v) is 3.99. The number of anilines is 2. The minimum atomic E-state index is -0.827. The Morgan fingerprint density at radius 3 is 2.16 bits per heavy atom. The van der Waals surface area contributed by atoms with Crippen LogP contribution in [0.1, 0.15) is 20.3 Å². The average molecular weight is 445 g/mol. The summed E-state index contributed by atoms with van der Waals surface area (Å²) in [5, 5.41) is 8.17. The van der Waals surface area contributed by atoms with Crippen molar-refractivity contribution in [2.45, 2.75) is 26.3 Å². The smallest absolute Gasteiger partial charge is 0.243 e. The molecule has 1 atom stereocenters. The highest BCUT2D eigenvalue weighted by molar-refractivity contribution is 5.98. The lowest BCUT2D eigenvalue weighted by molar-refractivity contribution is -0.145. The summed E-state index contributed by atoms with van der Waals surface area (Å²) in [6, 6.07) is 5.87. The molecular formula is C22H32N6O4. The molecule has 0 saturated carbocycles. The van der Waals surface area contributed by atoms with Crippen molar-refractivity contribution in [3.8, 4) is 0 Å². The van der Waals surface area contributed by atoms with E-state index in [2.05, 4.69) is 32.7 Å². The van der Waals surface area contributed by atoms with Crippen molar-refractivity contribution in [2.75, 3.05) is 63.0 Å². The lowest BCUT2D eigenvalue weighted by Gasteiger charge is -2.38. The molecule has 3 rings (SSSR count). The van der Waals surface area contributed by atoms with Gasteiger partial charge in [0.05, 0.1) is 13.0 Å². The van der Waals surface area contributed by atoms with Crippen LogP contribution in [0.2, 0.25) is 0 Å². The Hall–Kier alpha value is -2.98. The van der Waals surface area contributed by atoms with Gasteiger partial charge < -0.3 is 25.8 Å². The Bertz CT molecular complexity index is 835. The molecule has 0 unspecified atom stereocenters. The third kappa shape index (κ3) is 6.51. The first-order chi connectivity index (χ1) is 15.4. The zero-order valence-electron chi connectivity index (χ0n) is 18.7. The van der Waals surface area contributed by atoms with Crippen LogP contribution in [0, 0.1) is 0 Å². The van der Waals surface area contributed by atoms with Gasteiger partial charge >= 0.3 is 0 Å². The fraction of sp³-hybridized carbons (Fsp3) is 0.545. The van der Waals surface area contributed by atoms with Gasteiger partial charge in [0, 0.05) is 57.6 Å². The van der Waals surface area contributed by atoms with Crippen LogP contribution in [0.25, 0.3) is 0 Å². The molecule has 174 valence electrons. The Morgan fingerprint density at radius 2 is 1.56 bits per heavy atom. The SMILES string of the molecule is CCN1CCN(CC(=O)N2CCNC(=O)[C@@H]2CC(=O)Nc2ccc(NC(C)=O)cc2)CC1. The molecule has 2 heterocycles. The molecule has 2 aliphatic rings. The average Bonchev–Trinajstić information content (AvgIpc) is 2.76. The van der Waals surface area contributed by atoms with Crippen molar-refractivity contribution in [1.82, 2.24) is 20.0 Å². The van der Waals surface area contributed by atoms with Crippen molar-refractivity contribution >= 4 is 35.0 Å². The molecule has 2 aliphatic heterocycles. The minimum absolute atomic E-state index is 0.116. The van der Waals surface area contributed by atoms with Gasteiger partial charge in [-0.25, -0.2) is 0 Å². The number of hydrogen-bond acceptors (Lipinski definition) is 6. The molecule has 3 N–H and O–H groups in total. The molecule has 0 aliphatic carbocycles. The summed E-state index contributed by atoms with van der Waals surface area (Å²) in [5.74, 6) is -0.963. The Kier molecular flexibility index (Phi) is 8.18. The first-order valence-electron chi connectivity index (χ1n) is 11.0. The number of benzene rings is 1. The molecule has 32 heavy (non-hydrogen) atoms. The molecule has 0 radical (unpaired) electrons. The molecule has 2 fully saturated rings. The number of nitrogens with zero attached hydrogens (tertiary/aromatic N) is 3. The van der Waals surface area contributed by atoms with E-state index in [1.165, 1.54) is 11.8 Å². The summed E-state index contributed by atoms with van der Waals surface area (Å²) in [7, 11) is 0. The zero-order valence-corrected chi connectivity index (χ0v) is 18.7. The van der Waals surface area contributed by atoms with Gasteiger partial charge in [-0.2, -0.15) is 0 Å². The van der Waals surface area contributed by atoms with E-state index in [1.54, 1.807) is 24.3 Å². The zero-order chi connectivity index (χ0) is 23.1. The molecule has 0 bridgehead atoms. The maximum absolute atomic E-state index is 13.0. The quantitative estimate of drug-likeness (QED) is 0.543. The highest BCUT2D eigenvalue weighted by Gasteiger charge is 2.35. The maximum Gasteiger partial charge on any atom is 0.243 e. The number of rotatable bonds is 7. The van der Waals surface area contributed by atoms with Crippen LogP contribution in [0.15, 0.2) is 24.3 Å². The molecule has 10 nitrogen and oxygen atoms in total. The second-order valence-electron chi connectivity index (χ2n) is 8.12. The number of likely N-dealkylation sites (N-methyl/N-ethyl adjacent to an activating group) is 1. The third-order valence-corrected chi connectivity index (χ3v) is 5.79. The molecular weight excluding hydrogens is 412 g/mol. The molecule has 1 aromatic carbocycles. The Morgan fingerprint density at radius 1 is 0.969 bits per heavy atom. The topological polar surface area (TPSA) is 114 Å². The van der Waals surface area contributed by atoms with Gasteiger partial charge in [-0.15, -0.1) is 0 Å². The van der Waals surface area contributed by atoms with Crippen LogP contribution >= 0.6 is 0 Å². The van der Waals surface area contributed by atoms with Gasteiger partial charge in [-0.1, -0.05) is 6.92 Å². The maximum atomic E-state index is 13.0. The molecule has 0 spiro atoms. The van der Waals surface area contributed by atoms with Crippen LogP contribution in [-0.2, 0) is 19.2 Å². The molecule has 1 aromatic rings. The van der Waals surface area contributed by atoms with E-state index in [1.807, 2.05) is 0 Å². The van der Waals surface area contributed by atoms with Gasteiger partial charge in [0.25, 0.3) is 0 Å². The number of carbonyl (C=O) groups is 4. The van der Waals surface area contributed by atoms with Gasteiger partial charge in [-0.05, 0) is 30.8 Å². The normalized spacial score (nSPS) is 19.9. The predicted molar refractivity (Wildman–Crippen MR) is 121 cm³/mol. The van der Waals surface area contributed by atoms with Crippen LogP contribution in [0.5, 0.6) is 0 Å². The Labute approximate surface area is 188 Å².